The van der Waals surface area contributed by atoms with Gasteiger partial charge in [-0.25, -0.2) is 23.1 Å². The van der Waals surface area contributed by atoms with E-state index in [-0.39, 0.29) is 22.5 Å². The first-order valence-electron chi connectivity index (χ1n) is 8.85. The lowest BCUT2D eigenvalue weighted by molar-refractivity contribution is -0.113. The number of benzene rings is 2. The van der Waals surface area contributed by atoms with Crippen LogP contribution in [0.5, 0.6) is 0 Å². The molecular weight excluding hydrogens is 444 g/mol. The number of aromatic nitrogens is 2. The molecule has 0 aliphatic heterocycles. The first-order valence-corrected chi connectivity index (χ1v) is 11.7. The lowest BCUT2D eigenvalue weighted by atomic mass is 10.3. The number of nitrogens with one attached hydrogen (secondary N) is 2. The fraction of sp³-hybridized carbons (Fsp3) is 0.150. The molecule has 1 heterocycles. The Kier molecular flexibility index (Phi) is 6.96. The van der Waals surface area contributed by atoms with Crippen LogP contribution in [0.3, 0.4) is 0 Å². The second kappa shape index (κ2) is 9.46. The van der Waals surface area contributed by atoms with E-state index >= 15 is 0 Å². The normalized spacial score (nSPS) is 11.2. The maximum Gasteiger partial charge on any atom is 0.264 e. The van der Waals surface area contributed by atoms with E-state index in [9.17, 15) is 13.2 Å². The second-order valence-corrected chi connectivity index (χ2v) is 9.56. The first kappa shape index (κ1) is 22.1. The molecule has 0 fully saturated rings. The van der Waals surface area contributed by atoms with Gasteiger partial charge in [0.05, 0.1) is 10.6 Å². The molecule has 0 radical (unpaired) electrons. The van der Waals surface area contributed by atoms with E-state index in [0.717, 1.165) is 4.90 Å². The molecule has 7 nitrogen and oxygen atoms in total. The summed E-state index contributed by atoms with van der Waals surface area (Å²) in [6, 6.07) is 14.8. The summed E-state index contributed by atoms with van der Waals surface area (Å²) in [6.45, 7) is 3.52. The lowest BCUT2D eigenvalue weighted by Crippen LogP contribution is -2.16. The molecule has 30 heavy (non-hydrogen) atoms. The standard InChI is InChI=1S/C20H19ClN4O3S2/c1-13-11-14(2)23-20(22-13)25-30(27,28)18-9-5-16(6-10-18)24-19(26)12-29-17-7-3-15(21)4-8-17/h3-11H,12H2,1-2H3,(H,24,26)(H,22,23,25). The third-order valence-corrected chi connectivity index (χ3v) is 6.45. The van der Waals surface area contributed by atoms with Crippen molar-refractivity contribution in [1.29, 1.82) is 0 Å². The van der Waals surface area contributed by atoms with Crippen LogP contribution in [0, 0.1) is 13.8 Å². The first-order chi connectivity index (χ1) is 14.2. The van der Waals surface area contributed by atoms with Crippen molar-refractivity contribution in [3.8, 4) is 0 Å². The third-order valence-electron chi connectivity index (χ3n) is 3.84. The molecule has 0 saturated heterocycles. The fourth-order valence-corrected chi connectivity index (χ4v) is 4.31. The number of nitrogens with zero attached hydrogens (tertiary/aromatic N) is 2. The van der Waals surface area contributed by atoms with Gasteiger partial charge < -0.3 is 5.32 Å². The summed E-state index contributed by atoms with van der Waals surface area (Å²) < 4.78 is 27.5. The van der Waals surface area contributed by atoms with Gasteiger partial charge in [0, 0.05) is 27.0 Å². The van der Waals surface area contributed by atoms with Crippen LogP contribution in [0.1, 0.15) is 11.4 Å². The maximum absolute atomic E-state index is 12.5. The molecule has 10 heteroatoms. The SMILES string of the molecule is Cc1cc(C)nc(NS(=O)(=O)c2ccc(NC(=O)CSc3ccc(Cl)cc3)cc2)n1. The van der Waals surface area contributed by atoms with E-state index < -0.39 is 10.0 Å². The number of amides is 1. The van der Waals surface area contributed by atoms with Crippen molar-refractivity contribution in [3.63, 3.8) is 0 Å². The molecule has 1 aromatic heterocycles. The van der Waals surface area contributed by atoms with Gasteiger partial charge >= 0.3 is 0 Å². The van der Waals surface area contributed by atoms with Crippen LogP contribution in [0.4, 0.5) is 11.6 Å². The zero-order valence-corrected chi connectivity index (χ0v) is 18.6. The van der Waals surface area contributed by atoms with Crippen molar-refractivity contribution in [2.24, 2.45) is 0 Å². The van der Waals surface area contributed by atoms with E-state index in [0.29, 0.717) is 22.1 Å². The predicted molar refractivity (Wildman–Crippen MR) is 120 cm³/mol. The number of thioether (sulfide) groups is 1. The van der Waals surface area contributed by atoms with Crippen LogP contribution in [-0.2, 0) is 14.8 Å². The van der Waals surface area contributed by atoms with Crippen molar-refractivity contribution < 1.29 is 13.2 Å². The lowest BCUT2D eigenvalue weighted by Gasteiger charge is -2.09. The van der Waals surface area contributed by atoms with Crippen molar-refractivity contribution in [3.05, 3.63) is 71.0 Å². The number of rotatable bonds is 7. The number of carbonyl (C=O) groups excluding carboxylic acids is 1. The zero-order valence-electron chi connectivity index (χ0n) is 16.2. The molecule has 2 N–H and O–H groups in total. The summed E-state index contributed by atoms with van der Waals surface area (Å²) in [6.07, 6.45) is 0. The van der Waals surface area contributed by atoms with Gasteiger partial charge in [0.25, 0.3) is 10.0 Å². The van der Waals surface area contributed by atoms with Crippen molar-refractivity contribution >= 4 is 50.9 Å². The topological polar surface area (TPSA) is 101 Å². The molecule has 0 aliphatic rings. The van der Waals surface area contributed by atoms with Crippen molar-refractivity contribution in [1.82, 2.24) is 9.97 Å². The molecule has 0 bridgehead atoms. The van der Waals surface area contributed by atoms with Crippen LogP contribution in [0.2, 0.25) is 5.02 Å². The average molecular weight is 463 g/mol. The van der Waals surface area contributed by atoms with Gasteiger partial charge in [-0.3, -0.25) is 4.79 Å². The Balaban J connectivity index is 1.60. The summed E-state index contributed by atoms with van der Waals surface area (Å²) in [5.41, 5.74) is 1.82. The number of anilines is 2. The molecule has 0 spiro atoms. The Bertz CT molecular complexity index is 1130. The number of aryl methyl sites for hydroxylation is 2. The smallest absolute Gasteiger partial charge is 0.264 e. The number of hydrogen-bond donors (Lipinski definition) is 2. The molecule has 0 saturated carbocycles. The Labute approximate surface area is 184 Å². The van der Waals surface area contributed by atoms with E-state index in [2.05, 4.69) is 20.0 Å². The van der Waals surface area contributed by atoms with Gasteiger partial charge in [0.1, 0.15) is 0 Å². The highest BCUT2D eigenvalue weighted by molar-refractivity contribution is 8.00. The minimum Gasteiger partial charge on any atom is -0.325 e. The highest BCUT2D eigenvalue weighted by atomic mass is 35.5. The number of halogens is 1. The fourth-order valence-electron chi connectivity index (χ4n) is 2.54. The summed E-state index contributed by atoms with van der Waals surface area (Å²) in [7, 11) is -3.84. The Morgan fingerprint density at radius 1 is 1.00 bits per heavy atom. The monoisotopic (exact) mass is 462 g/mol. The Morgan fingerprint density at radius 3 is 2.20 bits per heavy atom. The third kappa shape index (κ3) is 6.19. The molecule has 3 aromatic rings. The summed E-state index contributed by atoms with van der Waals surface area (Å²) >= 11 is 7.22. The van der Waals surface area contributed by atoms with Gasteiger partial charge in [0.2, 0.25) is 11.9 Å². The van der Waals surface area contributed by atoms with E-state index in [1.165, 1.54) is 36.0 Å². The Morgan fingerprint density at radius 2 is 1.60 bits per heavy atom. The molecule has 3 rings (SSSR count). The van der Waals surface area contributed by atoms with E-state index in [1.54, 1.807) is 32.0 Å². The number of sulfonamides is 1. The van der Waals surface area contributed by atoms with Gasteiger partial charge in [-0.1, -0.05) is 11.6 Å². The average Bonchev–Trinajstić information content (AvgIpc) is 2.67. The minimum atomic E-state index is -3.84. The summed E-state index contributed by atoms with van der Waals surface area (Å²) in [5.74, 6) is 0.0317. The van der Waals surface area contributed by atoms with Crippen LogP contribution >= 0.6 is 23.4 Å². The van der Waals surface area contributed by atoms with E-state index in [4.69, 9.17) is 11.6 Å². The number of hydrogen-bond acceptors (Lipinski definition) is 6. The van der Waals surface area contributed by atoms with Gasteiger partial charge in [0.15, 0.2) is 0 Å². The Hall–Kier alpha value is -2.62. The van der Waals surface area contributed by atoms with Crippen LogP contribution < -0.4 is 10.0 Å². The molecule has 2 aromatic carbocycles. The van der Waals surface area contributed by atoms with Crippen molar-refractivity contribution in [2.45, 2.75) is 23.6 Å². The highest BCUT2D eigenvalue weighted by Crippen LogP contribution is 2.21. The predicted octanol–water partition coefficient (Wildman–Crippen LogP) is 4.28. The van der Waals surface area contributed by atoms with Gasteiger partial charge in [-0.05, 0) is 68.4 Å². The second-order valence-electron chi connectivity index (χ2n) is 6.39. The quantitative estimate of drug-likeness (QED) is 0.508. The van der Waals surface area contributed by atoms with Gasteiger partial charge in [-0.2, -0.15) is 0 Å². The molecule has 1 amide bonds. The zero-order chi connectivity index (χ0) is 21.7. The van der Waals surface area contributed by atoms with Crippen LogP contribution in [0.15, 0.2) is 64.4 Å². The molecular formula is C20H19ClN4O3S2. The van der Waals surface area contributed by atoms with E-state index in [1.807, 2.05) is 12.1 Å². The molecule has 0 unspecified atom stereocenters. The van der Waals surface area contributed by atoms with Crippen LogP contribution in [-0.4, -0.2) is 30.0 Å². The summed E-state index contributed by atoms with van der Waals surface area (Å²) in [5, 5.41) is 3.38. The highest BCUT2D eigenvalue weighted by Gasteiger charge is 2.16. The largest absolute Gasteiger partial charge is 0.325 e. The molecule has 156 valence electrons. The van der Waals surface area contributed by atoms with Gasteiger partial charge in [-0.15, -0.1) is 11.8 Å². The maximum atomic E-state index is 12.5. The minimum absolute atomic E-state index is 0.0177. The molecule has 0 aliphatic carbocycles. The van der Waals surface area contributed by atoms with Crippen molar-refractivity contribution in [2.75, 3.05) is 15.8 Å². The van der Waals surface area contributed by atoms with Crippen LogP contribution in [0.25, 0.3) is 0 Å². The molecule has 0 atom stereocenters. The number of carbonyl (C=O) groups is 1. The summed E-state index contributed by atoms with van der Waals surface area (Å²) in [4.78, 5) is 21.3.